The third-order valence-corrected chi connectivity index (χ3v) is 3.81. The predicted octanol–water partition coefficient (Wildman–Crippen LogP) is 0.127. The molecule has 19 heavy (non-hydrogen) atoms. The van der Waals surface area contributed by atoms with Gasteiger partial charge in [0, 0.05) is 6.20 Å². The number of urea groups is 1. The van der Waals surface area contributed by atoms with Gasteiger partial charge in [0.25, 0.3) is 0 Å². The maximum Gasteiger partial charge on any atom is 0.325 e. The zero-order valence-electron chi connectivity index (χ0n) is 10.7. The van der Waals surface area contributed by atoms with Gasteiger partial charge in [0.05, 0.1) is 6.61 Å². The summed E-state index contributed by atoms with van der Waals surface area (Å²) in [5.74, 6) is -0.655. The first-order valence-electron chi connectivity index (χ1n) is 6.43. The van der Waals surface area contributed by atoms with Crippen molar-refractivity contribution in [2.24, 2.45) is 0 Å². The van der Waals surface area contributed by atoms with Crippen molar-refractivity contribution in [3.8, 4) is 0 Å². The fourth-order valence-electron chi connectivity index (χ4n) is 3.09. The van der Waals surface area contributed by atoms with E-state index in [1.165, 1.54) is 4.90 Å². The summed E-state index contributed by atoms with van der Waals surface area (Å²) in [6.45, 7) is 4.12. The van der Waals surface area contributed by atoms with E-state index in [1.54, 1.807) is 12.3 Å². The molecule has 3 fully saturated rings. The molecule has 1 N–H and O–H groups in total. The quantitative estimate of drug-likeness (QED) is 0.676. The Morgan fingerprint density at radius 2 is 2.16 bits per heavy atom. The smallest absolute Gasteiger partial charge is 0.325 e. The third kappa shape index (κ3) is 1.62. The molecule has 0 spiro atoms. The second-order valence-electron chi connectivity index (χ2n) is 5.57. The van der Waals surface area contributed by atoms with E-state index in [4.69, 9.17) is 18.9 Å². The maximum atomic E-state index is 12.0. The lowest BCUT2D eigenvalue weighted by molar-refractivity contribution is -0.197. The number of rotatable bonds is 0. The number of nitrogens with one attached hydrogen (secondary N) is 1. The normalized spacial score (nSPS) is 46.5. The SMILES string of the molecule is CC1(C)O[C@@H]2[C@H](O1)[C@H]1CO[C@H]3C=CNC(=O)N3[C@@H]2O1. The first kappa shape index (κ1) is 11.7. The van der Waals surface area contributed by atoms with Crippen molar-refractivity contribution in [1.82, 2.24) is 10.2 Å². The summed E-state index contributed by atoms with van der Waals surface area (Å²) in [5.41, 5.74) is 0. The van der Waals surface area contributed by atoms with Gasteiger partial charge in [-0.05, 0) is 19.9 Å². The van der Waals surface area contributed by atoms with E-state index in [9.17, 15) is 4.79 Å². The van der Waals surface area contributed by atoms with Crippen molar-refractivity contribution in [3.05, 3.63) is 12.3 Å². The van der Waals surface area contributed by atoms with E-state index in [0.717, 1.165) is 0 Å². The highest BCUT2D eigenvalue weighted by Gasteiger charge is 2.60. The van der Waals surface area contributed by atoms with Crippen LogP contribution in [-0.2, 0) is 18.9 Å². The predicted molar refractivity (Wildman–Crippen MR) is 61.7 cm³/mol. The lowest BCUT2D eigenvalue weighted by atomic mass is 10.1. The van der Waals surface area contributed by atoms with E-state index in [0.29, 0.717) is 6.61 Å². The van der Waals surface area contributed by atoms with Crippen molar-refractivity contribution >= 4 is 6.03 Å². The average molecular weight is 268 g/mol. The van der Waals surface area contributed by atoms with Gasteiger partial charge in [-0.25, -0.2) is 4.79 Å². The number of amides is 2. The van der Waals surface area contributed by atoms with Crippen molar-refractivity contribution in [1.29, 1.82) is 0 Å². The minimum absolute atomic E-state index is 0.195. The van der Waals surface area contributed by atoms with Gasteiger partial charge in [-0.1, -0.05) is 0 Å². The van der Waals surface area contributed by atoms with Crippen LogP contribution in [0.1, 0.15) is 13.8 Å². The first-order valence-corrected chi connectivity index (χ1v) is 6.43. The minimum atomic E-state index is -0.655. The van der Waals surface area contributed by atoms with Crippen molar-refractivity contribution in [3.63, 3.8) is 0 Å². The van der Waals surface area contributed by atoms with Crippen LogP contribution in [0.2, 0.25) is 0 Å². The highest BCUT2D eigenvalue weighted by atomic mass is 16.8. The molecule has 2 bridgehead atoms. The molecular formula is C12H16N2O5. The molecule has 0 aromatic heterocycles. The second-order valence-corrected chi connectivity index (χ2v) is 5.57. The zero-order chi connectivity index (χ0) is 13.2. The minimum Gasteiger partial charge on any atom is -0.352 e. The number of ether oxygens (including phenoxy) is 4. The molecule has 0 radical (unpaired) electrons. The van der Waals surface area contributed by atoms with E-state index < -0.39 is 18.2 Å². The van der Waals surface area contributed by atoms with E-state index in [2.05, 4.69) is 5.32 Å². The molecule has 4 heterocycles. The summed E-state index contributed by atoms with van der Waals surface area (Å²) in [4.78, 5) is 13.6. The molecule has 4 aliphatic heterocycles. The van der Waals surface area contributed by atoms with Crippen LogP contribution in [0.4, 0.5) is 4.79 Å². The van der Waals surface area contributed by atoms with Gasteiger partial charge >= 0.3 is 6.03 Å². The number of hydrogen-bond donors (Lipinski definition) is 1. The molecule has 0 aromatic carbocycles. The Hall–Kier alpha value is -1.15. The van der Waals surface area contributed by atoms with E-state index in [1.807, 2.05) is 13.8 Å². The van der Waals surface area contributed by atoms with Crippen molar-refractivity contribution < 1.29 is 23.7 Å². The van der Waals surface area contributed by atoms with Crippen LogP contribution in [-0.4, -0.2) is 54.1 Å². The molecule has 0 saturated carbocycles. The zero-order valence-corrected chi connectivity index (χ0v) is 10.7. The van der Waals surface area contributed by atoms with Gasteiger partial charge in [0.1, 0.15) is 18.3 Å². The van der Waals surface area contributed by atoms with E-state index >= 15 is 0 Å². The van der Waals surface area contributed by atoms with Crippen LogP contribution in [0.25, 0.3) is 0 Å². The molecule has 4 aliphatic rings. The Kier molecular flexibility index (Phi) is 2.27. The maximum absolute atomic E-state index is 12.0. The molecule has 0 aromatic rings. The van der Waals surface area contributed by atoms with Crippen LogP contribution >= 0.6 is 0 Å². The molecule has 4 rings (SSSR count). The molecule has 7 nitrogen and oxygen atoms in total. The van der Waals surface area contributed by atoms with Gasteiger partial charge in [-0.15, -0.1) is 0 Å². The Balaban J connectivity index is 1.69. The van der Waals surface area contributed by atoms with Crippen LogP contribution in [0.3, 0.4) is 0 Å². The number of carbonyl (C=O) groups is 1. The standard InChI is InChI=1S/C12H16N2O5/c1-12(2)18-8-6-5-16-7-3-4-13-11(15)14(7)10(17-6)9(8)19-12/h3-4,6-10H,5H2,1-2H3,(H,13,15)/t6-,7+,8-,9-,10-/m1/s1. The molecule has 3 saturated heterocycles. The summed E-state index contributed by atoms with van der Waals surface area (Å²) < 4.78 is 23.3. The Morgan fingerprint density at radius 1 is 1.37 bits per heavy atom. The number of hydrogen-bond acceptors (Lipinski definition) is 5. The highest BCUT2D eigenvalue weighted by Crippen LogP contribution is 2.42. The summed E-state index contributed by atoms with van der Waals surface area (Å²) in [7, 11) is 0. The van der Waals surface area contributed by atoms with Gasteiger partial charge in [-0.2, -0.15) is 0 Å². The lowest BCUT2D eigenvalue weighted by Gasteiger charge is -2.36. The Morgan fingerprint density at radius 3 is 3.00 bits per heavy atom. The molecule has 7 heteroatoms. The van der Waals surface area contributed by atoms with Crippen molar-refractivity contribution in [2.45, 2.75) is 50.4 Å². The monoisotopic (exact) mass is 268 g/mol. The fourth-order valence-corrected chi connectivity index (χ4v) is 3.09. The fraction of sp³-hybridized carbons (Fsp3) is 0.750. The molecule has 0 aliphatic carbocycles. The Labute approximate surface area is 110 Å². The average Bonchev–Trinajstić information content (AvgIpc) is 2.72. The van der Waals surface area contributed by atoms with Crippen molar-refractivity contribution in [2.75, 3.05) is 6.61 Å². The summed E-state index contributed by atoms with van der Waals surface area (Å²) in [5, 5.41) is 2.64. The number of fused-ring (bicyclic) bond motifs is 7. The van der Waals surface area contributed by atoms with Gasteiger partial charge < -0.3 is 24.3 Å². The molecule has 2 amide bonds. The summed E-state index contributed by atoms with van der Waals surface area (Å²) in [6, 6.07) is -0.243. The second kappa shape index (κ2) is 3.69. The first-order chi connectivity index (χ1) is 9.05. The largest absolute Gasteiger partial charge is 0.352 e. The molecule has 104 valence electrons. The van der Waals surface area contributed by atoms with Gasteiger partial charge in [0.2, 0.25) is 0 Å². The van der Waals surface area contributed by atoms with Crippen LogP contribution in [0, 0.1) is 0 Å². The van der Waals surface area contributed by atoms with E-state index in [-0.39, 0.29) is 24.3 Å². The van der Waals surface area contributed by atoms with Gasteiger partial charge in [0.15, 0.2) is 18.2 Å². The lowest BCUT2D eigenvalue weighted by Crippen LogP contribution is -2.57. The molecule has 5 atom stereocenters. The van der Waals surface area contributed by atoms with Crippen LogP contribution in [0.15, 0.2) is 12.3 Å². The Bertz CT molecular complexity index is 451. The van der Waals surface area contributed by atoms with Gasteiger partial charge in [-0.3, -0.25) is 4.90 Å². The highest BCUT2D eigenvalue weighted by molar-refractivity contribution is 5.77. The topological polar surface area (TPSA) is 69.3 Å². The summed E-state index contributed by atoms with van der Waals surface area (Å²) >= 11 is 0. The van der Waals surface area contributed by atoms with Crippen LogP contribution in [0.5, 0.6) is 0 Å². The third-order valence-electron chi connectivity index (χ3n) is 3.81. The molecule has 0 unspecified atom stereocenters. The number of nitrogens with zero attached hydrogens (tertiary/aromatic N) is 1. The molecular weight excluding hydrogens is 252 g/mol. The van der Waals surface area contributed by atoms with Crippen LogP contribution < -0.4 is 5.32 Å². The number of carbonyl (C=O) groups excluding carboxylic acids is 1. The summed E-state index contributed by atoms with van der Waals surface area (Å²) in [6.07, 6.45) is 1.83.